The zero-order valence-corrected chi connectivity index (χ0v) is 17.0. The molecule has 0 unspecified atom stereocenters. The standard InChI is InChI=1S/C22H28N2O4/c1-5-13-24(14-6-2)22(26)17-9-7-16(8-10-17)21(25)23-18-11-12-19(27-3)20(15-18)28-4/h7-12,15H,5-6,13-14H2,1-4H3,(H,23,25). The summed E-state index contributed by atoms with van der Waals surface area (Å²) in [5.74, 6) is 0.862. The molecule has 2 aromatic carbocycles. The molecule has 28 heavy (non-hydrogen) atoms. The molecule has 0 radical (unpaired) electrons. The molecule has 0 fully saturated rings. The van der Waals surface area contributed by atoms with Crippen molar-refractivity contribution >= 4 is 17.5 Å². The van der Waals surface area contributed by atoms with Gasteiger partial charge in [-0.2, -0.15) is 0 Å². The normalized spacial score (nSPS) is 10.3. The second-order valence-electron chi connectivity index (χ2n) is 6.39. The number of ether oxygens (including phenoxy) is 2. The van der Waals surface area contributed by atoms with Crippen LogP contribution in [0.2, 0.25) is 0 Å². The van der Waals surface area contributed by atoms with Crippen molar-refractivity contribution in [3.8, 4) is 11.5 Å². The number of rotatable bonds is 9. The maximum atomic E-state index is 12.6. The minimum atomic E-state index is -0.259. The predicted molar refractivity (Wildman–Crippen MR) is 110 cm³/mol. The highest BCUT2D eigenvalue weighted by Gasteiger charge is 2.15. The lowest BCUT2D eigenvalue weighted by Crippen LogP contribution is -2.32. The molecular weight excluding hydrogens is 356 g/mol. The molecular formula is C22H28N2O4. The Bertz CT molecular complexity index is 797. The topological polar surface area (TPSA) is 67.9 Å². The summed E-state index contributed by atoms with van der Waals surface area (Å²) in [6, 6.07) is 11.9. The zero-order valence-electron chi connectivity index (χ0n) is 17.0. The van der Waals surface area contributed by atoms with Gasteiger partial charge in [0.2, 0.25) is 0 Å². The molecule has 6 heteroatoms. The van der Waals surface area contributed by atoms with E-state index in [4.69, 9.17) is 9.47 Å². The highest BCUT2D eigenvalue weighted by Crippen LogP contribution is 2.29. The first-order valence-corrected chi connectivity index (χ1v) is 9.46. The summed E-state index contributed by atoms with van der Waals surface area (Å²) in [5, 5.41) is 2.83. The predicted octanol–water partition coefficient (Wildman–Crippen LogP) is 4.22. The Kier molecular flexibility index (Phi) is 7.87. The van der Waals surface area contributed by atoms with Gasteiger partial charge < -0.3 is 19.7 Å². The van der Waals surface area contributed by atoms with Crippen molar-refractivity contribution in [1.82, 2.24) is 4.90 Å². The summed E-state index contributed by atoms with van der Waals surface area (Å²) in [6.45, 7) is 5.57. The molecule has 0 aliphatic rings. The molecule has 0 atom stereocenters. The number of hydrogen-bond acceptors (Lipinski definition) is 4. The third-order valence-electron chi connectivity index (χ3n) is 4.31. The van der Waals surface area contributed by atoms with Gasteiger partial charge >= 0.3 is 0 Å². The minimum absolute atomic E-state index is 0.00412. The molecule has 0 aliphatic heterocycles. The van der Waals surface area contributed by atoms with Crippen molar-refractivity contribution < 1.29 is 19.1 Å². The number of nitrogens with zero attached hydrogens (tertiary/aromatic N) is 1. The van der Waals surface area contributed by atoms with Crippen LogP contribution >= 0.6 is 0 Å². The summed E-state index contributed by atoms with van der Waals surface area (Å²) in [7, 11) is 3.10. The van der Waals surface area contributed by atoms with Crippen molar-refractivity contribution in [1.29, 1.82) is 0 Å². The van der Waals surface area contributed by atoms with E-state index < -0.39 is 0 Å². The fourth-order valence-corrected chi connectivity index (χ4v) is 2.92. The van der Waals surface area contributed by atoms with Gasteiger partial charge in [0.1, 0.15) is 0 Å². The van der Waals surface area contributed by atoms with Gasteiger partial charge in [-0.1, -0.05) is 13.8 Å². The van der Waals surface area contributed by atoms with Crippen molar-refractivity contribution in [3.63, 3.8) is 0 Å². The van der Waals surface area contributed by atoms with Gasteiger partial charge in [0, 0.05) is 36.0 Å². The Hall–Kier alpha value is -3.02. The number of carbonyl (C=O) groups is 2. The van der Waals surface area contributed by atoms with Crippen LogP contribution in [0.25, 0.3) is 0 Å². The number of hydrogen-bond donors (Lipinski definition) is 1. The Morgan fingerprint density at radius 1 is 0.857 bits per heavy atom. The Labute approximate surface area is 166 Å². The molecule has 6 nitrogen and oxygen atoms in total. The van der Waals surface area contributed by atoms with E-state index in [0.717, 1.165) is 25.9 Å². The number of carbonyl (C=O) groups excluding carboxylic acids is 2. The Morgan fingerprint density at radius 2 is 1.43 bits per heavy atom. The highest BCUT2D eigenvalue weighted by molar-refractivity contribution is 6.05. The maximum Gasteiger partial charge on any atom is 0.255 e. The maximum absolute atomic E-state index is 12.6. The number of amides is 2. The monoisotopic (exact) mass is 384 g/mol. The van der Waals surface area contributed by atoms with Crippen LogP contribution in [-0.2, 0) is 0 Å². The van der Waals surface area contributed by atoms with Crippen molar-refractivity contribution in [2.24, 2.45) is 0 Å². The summed E-state index contributed by atoms with van der Waals surface area (Å²) >= 11 is 0. The third-order valence-corrected chi connectivity index (χ3v) is 4.31. The summed E-state index contributed by atoms with van der Waals surface area (Å²) in [4.78, 5) is 27.0. The third kappa shape index (κ3) is 5.25. The fourth-order valence-electron chi connectivity index (χ4n) is 2.92. The molecule has 0 saturated heterocycles. The number of benzene rings is 2. The molecule has 2 aromatic rings. The van der Waals surface area contributed by atoms with Gasteiger partial charge in [-0.15, -0.1) is 0 Å². The first kappa shape index (κ1) is 21.3. The van der Waals surface area contributed by atoms with Crippen molar-refractivity contribution in [2.45, 2.75) is 26.7 Å². The van der Waals surface area contributed by atoms with Gasteiger partial charge in [-0.3, -0.25) is 9.59 Å². The fraction of sp³-hybridized carbons (Fsp3) is 0.364. The smallest absolute Gasteiger partial charge is 0.255 e. The summed E-state index contributed by atoms with van der Waals surface area (Å²) in [5.41, 5.74) is 1.66. The van der Waals surface area contributed by atoms with E-state index >= 15 is 0 Å². The van der Waals surface area contributed by atoms with Crippen molar-refractivity contribution in [3.05, 3.63) is 53.6 Å². The molecule has 2 rings (SSSR count). The molecule has 150 valence electrons. The van der Waals surface area contributed by atoms with Gasteiger partial charge in [0.15, 0.2) is 11.5 Å². The minimum Gasteiger partial charge on any atom is -0.493 e. The molecule has 0 aliphatic carbocycles. The largest absolute Gasteiger partial charge is 0.493 e. The number of methoxy groups -OCH3 is 2. The lowest BCUT2D eigenvalue weighted by atomic mass is 10.1. The summed E-state index contributed by atoms with van der Waals surface area (Å²) < 4.78 is 10.4. The molecule has 0 heterocycles. The highest BCUT2D eigenvalue weighted by atomic mass is 16.5. The van der Waals surface area contributed by atoms with E-state index in [0.29, 0.717) is 28.3 Å². The van der Waals surface area contributed by atoms with Gasteiger partial charge in [0.05, 0.1) is 14.2 Å². The van der Waals surface area contributed by atoms with Gasteiger partial charge in [0.25, 0.3) is 11.8 Å². The second kappa shape index (κ2) is 10.3. The molecule has 0 aromatic heterocycles. The van der Waals surface area contributed by atoms with E-state index in [1.165, 1.54) is 0 Å². The van der Waals surface area contributed by atoms with Crippen LogP contribution in [0.1, 0.15) is 47.4 Å². The zero-order chi connectivity index (χ0) is 20.5. The number of nitrogens with one attached hydrogen (secondary N) is 1. The van der Waals surface area contributed by atoms with Crippen LogP contribution in [0.4, 0.5) is 5.69 Å². The molecule has 0 bridgehead atoms. The van der Waals surface area contributed by atoms with Crippen LogP contribution in [-0.4, -0.2) is 44.0 Å². The van der Waals surface area contributed by atoms with Crippen molar-refractivity contribution in [2.75, 3.05) is 32.6 Å². The first-order valence-electron chi connectivity index (χ1n) is 9.46. The van der Waals surface area contributed by atoms with Crippen LogP contribution < -0.4 is 14.8 Å². The Morgan fingerprint density at radius 3 is 1.96 bits per heavy atom. The average Bonchev–Trinajstić information content (AvgIpc) is 2.73. The van der Waals surface area contributed by atoms with Gasteiger partial charge in [-0.25, -0.2) is 0 Å². The van der Waals surface area contributed by atoms with E-state index in [2.05, 4.69) is 19.2 Å². The van der Waals surface area contributed by atoms with E-state index in [1.807, 2.05) is 4.90 Å². The summed E-state index contributed by atoms with van der Waals surface area (Å²) in [6.07, 6.45) is 1.83. The lowest BCUT2D eigenvalue weighted by Gasteiger charge is -2.21. The average molecular weight is 384 g/mol. The van der Waals surface area contributed by atoms with Crippen LogP contribution in [0.5, 0.6) is 11.5 Å². The molecule has 0 saturated carbocycles. The molecule has 0 spiro atoms. The molecule has 1 N–H and O–H groups in total. The molecule has 2 amide bonds. The number of anilines is 1. The van der Waals surface area contributed by atoms with E-state index in [9.17, 15) is 9.59 Å². The van der Waals surface area contributed by atoms with Crippen LogP contribution in [0.3, 0.4) is 0 Å². The van der Waals surface area contributed by atoms with Crippen LogP contribution in [0, 0.1) is 0 Å². The second-order valence-corrected chi connectivity index (χ2v) is 6.39. The SMILES string of the molecule is CCCN(CCC)C(=O)c1ccc(C(=O)Nc2ccc(OC)c(OC)c2)cc1. The van der Waals surface area contributed by atoms with Crippen LogP contribution in [0.15, 0.2) is 42.5 Å². The van der Waals surface area contributed by atoms with E-state index in [-0.39, 0.29) is 11.8 Å². The van der Waals surface area contributed by atoms with E-state index in [1.54, 1.807) is 56.7 Å². The first-order chi connectivity index (χ1) is 13.5. The van der Waals surface area contributed by atoms with Gasteiger partial charge in [-0.05, 0) is 49.2 Å². The quantitative estimate of drug-likeness (QED) is 0.703. The lowest BCUT2D eigenvalue weighted by molar-refractivity contribution is 0.0755. The Balaban J connectivity index is 2.10.